The van der Waals surface area contributed by atoms with Crippen molar-refractivity contribution in [3.05, 3.63) is 22.7 Å². The molecule has 1 aliphatic rings. The van der Waals surface area contributed by atoms with Gasteiger partial charge in [0.1, 0.15) is 5.75 Å². The first kappa shape index (κ1) is 9.83. The van der Waals surface area contributed by atoms with Gasteiger partial charge in [-0.05, 0) is 30.1 Å². The van der Waals surface area contributed by atoms with Crippen LogP contribution in [0.5, 0.6) is 5.75 Å². The van der Waals surface area contributed by atoms with Crippen molar-refractivity contribution < 1.29 is 14.4 Å². The third kappa shape index (κ3) is 1.61. The Kier molecular flexibility index (Phi) is 2.68. The van der Waals surface area contributed by atoms with Crippen molar-refractivity contribution in [2.24, 2.45) is 0 Å². The maximum atomic E-state index is 9.44. The second-order valence-electron chi connectivity index (χ2n) is 3.08. The summed E-state index contributed by atoms with van der Waals surface area (Å²) in [5.74, 6) is 0.595. The Balaban J connectivity index is 2.41. The molecular formula is C9H10BClO3. The van der Waals surface area contributed by atoms with E-state index in [1.807, 2.05) is 6.92 Å². The molecule has 74 valence electrons. The predicted octanol–water partition coefficient (Wildman–Crippen LogP) is 0.956. The molecular weight excluding hydrogens is 202 g/mol. The summed E-state index contributed by atoms with van der Waals surface area (Å²) in [6.07, 6.45) is 0. The highest BCUT2D eigenvalue weighted by molar-refractivity contribution is 6.61. The van der Waals surface area contributed by atoms with Gasteiger partial charge in [-0.2, -0.15) is 0 Å². The number of halogens is 1. The lowest BCUT2D eigenvalue weighted by molar-refractivity contribution is 0.275. The first-order chi connectivity index (χ1) is 6.72. The Morgan fingerprint density at radius 2 is 2.43 bits per heavy atom. The van der Waals surface area contributed by atoms with Crippen LogP contribution in [-0.4, -0.2) is 18.7 Å². The van der Waals surface area contributed by atoms with Crippen LogP contribution in [0.2, 0.25) is 5.02 Å². The molecule has 1 aromatic carbocycles. The number of fused-ring (bicyclic) bond motifs is 1. The van der Waals surface area contributed by atoms with Crippen LogP contribution in [0.15, 0.2) is 12.1 Å². The largest absolute Gasteiger partial charge is 0.492 e. The summed E-state index contributed by atoms with van der Waals surface area (Å²) in [5, 5.41) is 10.0. The van der Waals surface area contributed by atoms with Gasteiger partial charge in [-0.15, -0.1) is 0 Å². The molecule has 2 rings (SSSR count). The van der Waals surface area contributed by atoms with E-state index in [2.05, 4.69) is 0 Å². The Morgan fingerprint density at radius 3 is 3.14 bits per heavy atom. The SMILES string of the molecule is CCOc1cc2c(cc1Cl)COB2O. The Bertz CT molecular complexity index is 356. The fourth-order valence-corrected chi connectivity index (χ4v) is 1.73. The van der Waals surface area contributed by atoms with Crippen LogP contribution in [-0.2, 0) is 11.3 Å². The predicted molar refractivity (Wildman–Crippen MR) is 55.0 cm³/mol. The second-order valence-corrected chi connectivity index (χ2v) is 3.49. The number of benzene rings is 1. The zero-order valence-electron chi connectivity index (χ0n) is 7.79. The summed E-state index contributed by atoms with van der Waals surface area (Å²) in [6, 6.07) is 3.51. The first-order valence-corrected chi connectivity index (χ1v) is 4.85. The monoisotopic (exact) mass is 212 g/mol. The molecule has 3 nitrogen and oxygen atoms in total. The molecule has 0 spiro atoms. The Morgan fingerprint density at radius 1 is 1.64 bits per heavy atom. The van der Waals surface area contributed by atoms with Crippen LogP contribution in [0.25, 0.3) is 0 Å². The number of ether oxygens (including phenoxy) is 1. The normalized spacial score (nSPS) is 14.4. The molecule has 0 saturated carbocycles. The maximum Gasteiger partial charge on any atom is 0.491 e. The van der Waals surface area contributed by atoms with Crippen LogP contribution in [0.1, 0.15) is 12.5 Å². The molecule has 0 unspecified atom stereocenters. The Labute approximate surface area is 87.7 Å². The summed E-state index contributed by atoms with van der Waals surface area (Å²) in [7, 11) is -0.846. The van der Waals surface area contributed by atoms with E-state index in [0.29, 0.717) is 24.0 Å². The third-order valence-electron chi connectivity index (χ3n) is 2.16. The number of hydrogen-bond donors (Lipinski definition) is 1. The van der Waals surface area contributed by atoms with E-state index >= 15 is 0 Å². The van der Waals surface area contributed by atoms with Gasteiger partial charge >= 0.3 is 7.12 Å². The minimum absolute atomic E-state index is 0.405. The molecule has 0 aromatic heterocycles. The summed E-state index contributed by atoms with van der Waals surface area (Å²) in [5.41, 5.74) is 1.67. The van der Waals surface area contributed by atoms with E-state index in [9.17, 15) is 5.02 Å². The second kappa shape index (κ2) is 3.81. The minimum atomic E-state index is -0.846. The van der Waals surface area contributed by atoms with E-state index in [0.717, 1.165) is 11.0 Å². The van der Waals surface area contributed by atoms with Gasteiger partial charge < -0.3 is 14.4 Å². The van der Waals surface area contributed by atoms with Gasteiger partial charge in [-0.3, -0.25) is 0 Å². The topological polar surface area (TPSA) is 38.7 Å². The summed E-state index contributed by atoms with van der Waals surface area (Å²) in [4.78, 5) is 0. The third-order valence-corrected chi connectivity index (χ3v) is 2.45. The van der Waals surface area contributed by atoms with Crippen molar-refractivity contribution in [3.63, 3.8) is 0 Å². The molecule has 0 atom stereocenters. The molecule has 5 heteroatoms. The molecule has 0 saturated heterocycles. The van der Waals surface area contributed by atoms with Crippen molar-refractivity contribution in [2.75, 3.05) is 6.61 Å². The lowest BCUT2D eigenvalue weighted by Crippen LogP contribution is -2.28. The maximum absolute atomic E-state index is 9.44. The van der Waals surface area contributed by atoms with E-state index in [1.54, 1.807) is 12.1 Å². The molecule has 0 amide bonds. The lowest BCUT2D eigenvalue weighted by atomic mass is 9.79. The number of hydrogen-bond acceptors (Lipinski definition) is 3. The van der Waals surface area contributed by atoms with Gasteiger partial charge in [0.15, 0.2) is 0 Å². The molecule has 1 aromatic rings. The van der Waals surface area contributed by atoms with Crippen molar-refractivity contribution in [1.29, 1.82) is 0 Å². The molecule has 1 heterocycles. The molecule has 0 bridgehead atoms. The average molecular weight is 212 g/mol. The molecule has 1 N–H and O–H groups in total. The summed E-state index contributed by atoms with van der Waals surface area (Å²) >= 11 is 5.97. The van der Waals surface area contributed by atoms with Gasteiger partial charge in [0, 0.05) is 0 Å². The van der Waals surface area contributed by atoms with E-state index in [-0.39, 0.29) is 0 Å². The van der Waals surface area contributed by atoms with Gasteiger partial charge in [0.25, 0.3) is 0 Å². The zero-order chi connectivity index (χ0) is 10.1. The van der Waals surface area contributed by atoms with Crippen LogP contribution in [0.4, 0.5) is 0 Å². The van der Waals surface area contributed by atoms with Gasteiger partial charge in [-0.1, -0.05) is 11.6 Å². The van der Waals surface area contributed by atoms with Crippen LogP contribution in [0.3, 0.4) is 0 Å². The summed E-state index contributed by atoms with van der Waals surface area (Å²) < 4.78 is 10.4. The van der Waals surface area contributed by atoms with Crippen molar-refractivity contribution in [2.45, 2.75) is 13.5 Å². The quantitative estimate of drug-likeness (QED) is 0.742. The highest BCUT2D eigenvalue weighted by atomic mass is 35.5. The highest BCUT2D eigenvalue weighted by Gasteiger charge is 2.28. The summed E-state index contributed by atoms with van der Waals surface area (Å²) in [6.45, 7) is 2.84. The van der Waals surface area contributed by atoms with E-state index < -0.39 is 7.12 Å². The molecule has 0 radical (unpaired) electrons. The Hall–Kier alpha value is -0.705. The molecule has 1 aliphatic heterocycles. The molecule has 0 fully saturated rings. The first-order valence-electron chi connectivity index (χ1n) is 4.47. The smallest absolute Gasteiger partial charge is 0.491 e. The highest BCUT2D eigenvalue weighted by Crippen LogP contribution is 2.26. The van der Waals surface area contributed by atoms with Gasteiger partial charge in [0.2, 0.25) is 0 Å². The standard InChI is InChI=1S/C9H10BClO3/c1-2-13-9-4-7-6(3-8(9)11)5-14-10(7)12/h3-4,12H,2,5H2,1H3. The zero-order valence-corrected chi connectivity index (χ0v) is 8.54. The van der Waals surface area contributed by atoms with Crippen molar-refractivity contribution in [3.8, 4) is 5.75 Å². The average Bonchev–Trinajstić information content (AvgIpc) is 2.49. The van der Waals surface area contributed by atoms with Crippen LogP contribution >= 0.6 is 11.6 Å². The van der Waals surface area contributed by atoms with Crippen molar-refractivity contribution >= 4 is 24.2 Å². The van der Waals surface area contributed by atoms with E-state index in [4.69, 9.17) is 21.0 Å². The number of rotatable bonds is 2. The fraction of sp³-hybridized carbons (Fsp3) is 0.333. The van der Waals surface area contributed by atoms with Crippen LogP contribution < -0.4 is 10.2 Å². The minimum Gasteiger partial charge on any atom is -0.492 e. The lowest BCUT2D eigenvalue weighted by Gasteiger charge is -2.07. The van der Waals surface area contributed by atoms with Crippen molar-refractivity contribution in [1.82, 2.24) is 0 Å². The van der Waals surface area contributed by atoms with E-state index in [1.165, 1.54) is 0 Å². The fourth-order valence-electron chi connectivity index (χ4n) is 1.49. The van der Waals surface area contributed by atoms with Gasteiger partial charge in [-0.25, -0.2) is 0 Å². The van der Waals surface area contributed by atoms with Crippen LogP contribution in [0, 0.1) is 0 Å². The molecule has 0 aliphatic carbocycles. The van der Waals surface area contributed by atoms with Gasteiger partial charge in [0.05, 0.1) is 18.2 Å². The molecule has 14 heavy (non-hydrogen) atoms.